The summed E-state index contributed by atoms with van der Waals surface area (Å²) in [6.07, 6.45) is 0. The smallest absolute Gasteiger partial charge is 0.326 e. The first-order valence-corrected chi connectivity index (χ1v) is 6.47. The Hall–Kier alpha value is -1.96. The molecule has 0 aromatic heterocycles. The molecule has 0 spiro atoms. The molecule has 1 fully saturated rings. The Morgan fingerprint density at radius 3 is 2.50 bits per heavy atom. The highest BCUT2D eigenvalue weighted by molar-refractivity contribution is 7.92. The number of hydrogen-bond donors (Lipinski definition) is 1. The van der Waals surface area contributed by atoms with E-state index in [9.17, 15) is 13.2 Å². The summed E-state index contributed by atoms with van der Waals surface area (Å²) in [5.74, 6) is 0.272. The van der Waals surface area contributed by atoms with Crippen LogP contribution in [0.25, 0.3) is 0 Å². The van der Waals surface area contributed by atoms with Crippen LogP contribution < -0.4 is 18.5 Å². The Morgan fingerprint density at radius 2 is 2.00 bits per heavy atom. The van der Waals surface area contributed by atoms with Gasteiger partial charge in [-0.15, -0.1) is 0 Å². The molecule has 1 aromatic rings. The van der Waals surface area contributed by atoms with Gasteiger partial charge in [-0.05, 0) is 12.1 Å². The Labute approximate surface area is 104 Å². The van der Waals surface area contributed by atoms with Crippen LogP contribution in [0.5, 0.6) is 11.5 Å². The highest BCUT2D eigenvalue weighted by atomic mass is 32.2. The van der Waals surface area contributed by atoms with Crippen molar-refractivity contribution < 1.29 is 22.7 Å². The lowest BCUT2D eigenvalue weighted by molar-refractivity contribution is -0.117. The number of rotatable bonds is 3. The third-order valence-corrected chi connectivity index (χ3v) is 3.87. The maximum atomic E-state index is 11.7. The number of amides is 1. The first-order chi connectivity index (χ1) is 8.47. The SMILES string of the molecule is COc1ccc(N2CC(=O)NS2(=O)=O)c(OC)c1. The fourth-order valence-corrected chi connectivity index (χ4v) is 2.81. The standard InChI is InChI=1S/C10H12N2O5S/c1-16-7-3-4-8(9(5-7)17-2)12-6-10(13)11-18(12,14)15/h3-5H,6H2,1-2H3,(H,11,13). The zero-order chi connectivity index (χ0) is 13.3. The van der Waals surface area contributed by atoms with Crippen LogP contribution in [-0.2, 0) is 15.0 Å². The van der Waals surface area contributed by atoms with E-state index in [4.69, 9.17) is 9.47 Å². The topological polar surface area (TPSA) is 84.9 Å². The molecule has 7 nitrogen and oxygen atoms in total. The maximum absolute atomic E-state index is 11.7. The number of benzene rings is 1. The van der Waals surface area contributed by atoms with Crippen molar-refractivity contribution in [2.24, 2.45) is 0 Å². The van der Waals surface area contributed by atoms with E-state index in [1.54, 1.807) is 12.1 Å². The highest BCUT2D eigenvalue weighted by Crippen LogP contribution is 2.34. The van der Waals surface area contributed by atoms with Gasteiger partial charge in [-0.2, -0.15) is 8.42 Å². The van der Waals surface area contributed by atoms with Gasteiger partial charge in [0.1, 0.15) is 18.0 Å². The van der Waals surface area contributed by atoms with Gasteiger partial charge < -0.3 is 9.47 Å². The normalized spacial score (nSPS) is 17.4. The van der Waals surface area contributed by atoms with E-state index in [-0.39, 0.29) is 12.2 Å². The van der Waals surface area contributed by atoms with Crippen LogP contribution in [0.4, 0.5) is 5.69 Å². The summed E-state index contributed by atoms with van der Waals surface area (Å²) in [4.78, 5) is 11.2. The molecule has 18 heavy (non-hydrogen) atoms. The second-order valence-corrected chi connectivity index (χ2v) is 5.17. The van der Waals surface area contributed by atoms with Crippen LogP contribution in [0.1, 0.15) is 0 Å². The minimum atomic E-state index is -3.83. The molecule has 1 saturated heterocycles. The van der Waals surface area contributed by atoms with E-state index in [1.165, 1.54) is 20.3 Å². The number of hydrogen-bond acceptors (Lipinski definition) is 5. The van der Waals surface area contributed by atoms with Crippen LogP contribution in [0, 0.1) is 0 Å². The molecule has 1 aliphatic rings. The largest absolute Gasteiger partial charge is 0.497 e. The van der Waals surface area contributed by atoms with Gasteiger partial charge in [0, 0.05) is 6.07 Å². The predicted molar refractivity (Wildman–Crippen MR) is 64.0 cm³/mol. The lowest BCUT2D eigenvalue weighted by Gasteiger charge is -2.18. The Balaban J connectivity index is 2.48. The first-order valence-electron chi connectivity index (χ1n) is 5.03. The Kier molecular flexibility index (Phi) is 3.04. The molecule has 1 N–H and O–H groups in total. The molecule has 0 aliphatic carbocycles. The lowest BCUT2D eigenvalue weighted by atomic mass is 10.2. The highest BCUT2D eigenvalue weighted by Gasteiger charge is 2.35. The van der Waals surface area contributed by atoms with Crippen molar-refractivity contribution in [1.29, 1.82) is 0 Å². The van der Waals surface area contributed by atoms with Crippen molar-refractivity contribution in [3.05, 3.63) is 18.2 Å². The molecule has 1 heterocycles. The van der Waals surface area contributed by atoms with Gasteiger partial charge in [-0.3, -0.25) is 4.79 Å². The first kappa shape index (κ1) is 12.5. The van der Waals surface area contributed by atoms with E-state index < -0.39 is 16.1 Å². The quantitative estimate of drug-likeness (QED) is 0.829. The van der Waals surface area contributed by atoms with Crippen LogP contribution >= 0.6 is 0 Å². The van der Waals surface area contributed by atoms with Gasteiger partial charge in [0.05, 0.1) is 19.9 Å². The fraction of sp³-hybridized carbons (Fsp3) is 0.300. The summed E-state index contributed by atoms with van der Waals surface area (Å²) in [6.45, 7) is -0.259. The van der Waals surface area contributed by atoms with Gasteiger partial charge >= 0.3 is 10.2 Å². The predicted octanol–water partition coefficient (Wildman–Crippen LogP) is -0.115. The lowest BCUT2D eigenvalue weighted by Crippen LogP contribution is -2.29. The van der Waals surface area contributed by atoms with Crippen LogP contribution in [0.3, 0.4) is 0 Å². The third kappa shape index (κ3) is 2.06. The number of nitrogens with one attached hydrogen (secondary N) is 1. The van der Waals surface area contributed by atoms with E-state index >= 15 is 0 Å². The number of nitrogens with zero attached hydrogens (tertiary/aromatic N) is 1. The van der Waals surface area contributed by atoms with E-state index in [2.05, 4.69) is 0 Å². The molecule has 0 bridgehead atoms. The van der Waals surface area contributed by atoms with Crippen LogP contribution in [0.15, 0.2) is 18.2 Å². The summed E-state index contributed by atoms with van der Waals surface area (Å²) in [7, 11) is -0.923. The average molecular weight is 272 g/mol. The Morgan fingerprint density at radius 1 is 1.28 bits per heavy atom. The molecule has 0 unspecified atom stereocenters. The van der Waals surface area contributed by atoms with Gasteiger partial charge in [0.25, 0.3) is 5.91 Å². The summed E-state index contributed by atoms with van der Waals surface area (Å²) in [5.41, 5.74) is 0.289. The van der Waals surface area contributed by atoms with Crippen LogP contribution in [-0.4, -0.2) is 35.1 Å². The number of carbonyl (C=O) groups excluding carboxylic acids is 1. The summed E-state index contributed by atoms with van der Waals surface area (Å²) in [5, 5.41) is 0. The monoisotopic (exact) mass is 272 g/mol. The van der Waals surface area contributed by atoms with Gasteiger partial charge in [0.15, 0.2) is 0 Å². The van der Waals surface area contributed by atoms with Gasteiger partial charge in [0.2, 0.25) is 0 Å². The molecular weight excluding hydrogens is 260 g/mol. The molecule has 0 radical (unpaired) electrons. The summed E-state index contributed by atoms with van der Waals surface area (Å²) >= 11 is 0. The third-order valence-electron chi connectivity index (χ3n) is 2.48. The minimum Gasteiger partial charge on any atom is -0.497 e. The molecule has 2 rings (SSSR count). The fourth-order valence-electron chi connectivity index (χ4n) is 1.65. The maximum Gasteiger partial charge on any atom is 0.326 e. The molecule has 1 aliphatic heterocycles. The zero-order valence-corrected chi connectivity index (χ0v) is 10.7. The Bertz CT molecular complexity index is 584. The van der Waals surface area contributed by atoms with Crippen molar-refractivity contribution in [3.8, 4) is 11.5 Å². The van der Waals surface area contributed by atoms with E-state index in [0.29, 0.717) is 11.5 Å². The second kappa shape index (κ2) is 4.37. The summed E-state index contributed by atoms with van der Waals surface area (Å²) < 4.78 is 36.4. The molecule has 1 aromatic carbocycles. The van der Waals surface area contributed by atoms with Crippen LogP contribution in [0.2, 0.25) is 0 Å². The van der Waals surface area contributed by atoms with Crippen molar-refractivity contribution >= 4 is 21.8 Å². The molecule has 0 atom stereocenters. The second-order valence-electron chi connectivity index (χ2n) is 3.57. The molecule has 8 heteroatoms. The van der Waals surface area contributed by atoms with E-state index in [0.717, 1.165) is 4.31 Å². The van der Waals surface area contributed by atoms with Crippen molar-refractivity contribution in [2.75, 3.05) is 25.1 Å². The number of ether oxygens (including phenoxy) is 2. The number of methoxy groups -OCH3 is 2. The van der Waals surface area contributed by atoms with Gasteiger partial charge in [-0.25, -0.2) is 9.03 Å². The minimum absolute atomic E-state index is 0.259. The zero-order valence-electron chi connectivity index (χ0n) is 9.84. The molecular formula is C10H12N2O5S. The van der Waals surface area contributed by atoms with E-state index in [1.807, 2.05) is 4.72 Å². The summed E-state index contributed by atoms with van der Waals surface area (Å²) in [6, 6.07) is 4.67. The molecule has 1 amide bonds. The number of anilines is 1. The van der Waals surface area contributed by atoms with Crippen molar-refractivity contribution in [1.82, 2.24) is 4.72 Å². The molecule has 0 saturated carbocycles. The van der Waals surface area contributed by atoms with Crippen molar-refractivity contribution in [3.63, 3.8) is 0 Å². The van der Waals surface area contributed by atoms with Gasteiger partial charge in [-0.1, -0.05) is 0 Å². The molecule has 98 valence electrons. The van der Waals surface area contributed by atoms with Crippen molar-refractivity contribution in [2.45, 2.75) is 0 Å². The number of carbonyl (C=O) groups is 1. The average Bonchev–Trinajstić information content (AvgIpc) is 2.61.